The van der Waals surface area contributed by atoms with Gasteiger partial charge in [0, 0.05) is 11.8 Å². The lowest BCUT2D eigenvalue weighted by Gasteiger charge is -2.65. The SMILES string of the molecule is CC(C)CCC[C@H](C)[C@H]1CC[C@@H]2[C@H]3C[C@@H](O)[C@@]4(O)C[C@@H](O)CC[C@]4(C)[C@H]3CC[C@@]21C. The second-order valence-electron chi connectivity index (χ2n) is 12.9. The van der Waals surface area contributed by atoms with Gasteiger partial charge in [-0.15, -0.1) is 0 Å². The molecule has 3 N–H and O–H groups in total. The van der Waals surface area contributed by atoms with Crippen LogP contribution in [0.4, 0.5) is 0 Å². The number of hydrogen-bond acceptors (Lipinski definition) is 3. The molecule has 4 aliphatic rings. The van der Waals surface area contributed by atoms with E-state index in [2.05, 4.69) is 34.6 Å². The molecule has 174 valence electrons. The van der Waals surface area contributed by atoms with Crippen LogP contribution in [-0.4, -0.2) is 33.1 Å². The average molecular weight is 421 g/mol. The Hall–Kier alpha value is -0.120. The van der Waals surface area contributed by atoms with Crippen molar-refractivity contribution in [3.63, 3.8) is 0 Å². The molecular weight excluding hydrogens is 372 g/mol. The summed E-state index contributed by atoms with van der Waals surface area (Å²) in [7, 11) is 0. The van der Waals surface area contributed by atoms with E-state index in [1.165, 1.54) is 44.9 Å². The zero-order valence-electron chi connectivity index (χ0n) is 20.2. The number of hydrogen-bond donors (Lipinski definition) is 3. The van der Waals surface area contributed by atoms with Crippen molar-refractivity contribution in [3.05, 3.63) is 0 Å². The third-order valence-electron chi connectivity index (χ3n) is 11.0. The van der Waals surface area contributed by atoms with E-state index >= 15 is 0 Å². The molecule has 0 spiro atoms. The van der Waals surface area contributed by atoms with Gasteiger partial charge >= 0.3 is 0 Å². The molecular formula is C27H48O3. The topological polar surface area (TPSA) is 60.7 Å². The van der Waals surface area contributed by atoms with Gasteiger partial charge in [0.05, 0.1) is 17.8 Å². The Morgan fingerprint density at radius 3 is 2.33 bits per heavy atom. The molecule has 4 fully saturated rings. The summed E-state index contributed by atoms with van der Waals surface area (Å²) in [6.07, 6.45) is 10.7. The van der Waals surface area contributed by atoms with Crippen LogP contribution < -0.4 is 0 Å². The Labute approximate surface area is 185 Å². The molecule has 0 aromatic heterocycles. The molecule has 0 saturated heterocycles. The first-order chi connectivity index (χ1) is 14.0. The van der Waals surface area contributed by atoms with Crippen LogP contribution in [0.2, 0.25) is 0 Å². The summed E-state index contributed by atoms with van der Waals surface area (Å²) < 4.78 is 0. The molecule has 0 aromatic carbocycles. The molecule has 0 heterocycles. The van der Waals surface area contributed by atoms with Crippen LogP contribution in [0.15, 0.2) is 0 Å². The third-order valence-corrected chi connectivity index (χ3v) is 11.0. The molecule has 0 bridgehead atoms. The van der Waals surface area contributed by atoms with E-state index in [-0.39, 0.29) is 5.41 Å². The van der Waals surface area contributed by atoms with Gasteiger partial charge in [-0.05, 0) is 85.9 Å². The van der Waals surface area contributed by atoms with Gasteiger partial charge in [0.15, 0.2) is 0 Å². The van der Waals surface area contributed by atoms with Crippen LogP contribution in [0.3, 0.4) is 0 Å². The van der Waals surface area contributed by atoms with Crippen molar-refractivity contribution >= 4 is 0 Å². The van der Waals surface area contributed by atoms with E-state index in [0.717, 1.165) is 37.0 Å². The van der Waals surface area contributed by atoms with E-state index < -0.39 is 17.8 Å². The van der Waals surface area contributed by atoms with Gasteiger partial charge in [0.25, 0.3) is 0 Å². The van der Waals surface area contributed by atoms with Crippen LogP contribution in [0.25, 0.3) is 0 Å². The van der Waals surface area contributed by atoms with E-state index in [4.69, 9.17) is 0 Å². The van der Waals surface area contributed by atoms with Gasteiger partial charge in [-0.3, -0.25) is 0 Å². The molecule has 4 rings (SSSR count). The largest absolute Gasteiger partial charge is 0.393 e. The minimum absolute atomic E-state index is 0.253. The predicted molar refractivity (Wildman–Crippen MR) is 122 cm³/mol. The summed E-state index contributed by atoms with van der Waals surface area (Å²) in [6, 6.07) is 0. The third kappa shape index (κ3) is 3.41. The highest BCUT2D eigenvalue weighted by atomic mass is 16.3. The minimum atomic E-state index is -1.11. The average Bonchev–Trinajstić information content (AvgIpc) is 3.01. The lowest BCUT2D eigenvalue weighted by molar-refractivity contribution is -0.264. The van der Waals surface area contributed by atoms with Gasteiger partial charge in [-0.2, -0.15) is 0 Å². The van der Waals surface area contributed by atoms with Gasteiger partial charge in [-0.1, -0.05) is 53.9 Å². The zero-order chi connectivity index (χ0) is 21.9. The highest BCUT2D eigenvalue weighted by molar-refractivity contribution is 5.17. The summed E-state index contributed by atoms with van der Waals surface area (Å²) in [4.78, 5) is 0. The summed E-state index contributed by atoms with van der Waals surface area (Å²) >= 11 is 0. The summed E-state index contributed by atoms with van der Waals surface area (Å²) in [5.41, 5.74) is -0.962. The molecule has 4 saturated carbocycles. The van der Waals surface area contributed by atoms with Crippen molar-refractivity contribution in [2.75, 3.05) is 0 Å². The monoisotopic (exact) mass is 420 g/mol. The van der Waals surface area contributed by atoms with E-state index in [1.54, 1.807) is 0 Å². The summed E-state index contributed by atoms with van der Waals surface area (Å²) in [5, 5.41) is 33.0. The molecule has 0 amide bonds. The summed E-state index contributed by atoms with van der Waals surface area (Å²) in [5.74, 6) is 4.13. The number of aliphatic hydroxyl groups excluding tert-OH is 2. The Bertz CT molecular complexity index is 619. The maximum absolute atomic E-state index is 11.6. The lowest BCUT2D eigenvalue weighted by atomic mass is 9.42. The Morgan fingerprint density at radius 1 is 0.900 bits per heavy atom. The van der Waals surface area contributed by atoms with E-state index in [1.807, 2.05) is 0 Å². The molecule has 3 heteroatoms. The van der Waals surface area contributed by atoms with Gasteiger partial charge < -0.3 is 15.3 Å². The van der Waals surface area contributed by atoms with Crippen molar-refractivity contribution < 1.29 is 15.3 Å². The van der Waals surface area contributed by atoms with Gasteiger partial charge in [0.2, 0.25) is 0 Å². The van der Waals surface area contributed by atoms with Crippen molar-refractivity contribution in [2.45, 2.75) is 123 Å². The standard InChI is InChI=1S/C27H48O3/c1-17(2)7-6-8-18(3)21-9-10-22-20-15-24(29)27(30)16-19(28)11-14-26(27,5)23(20)12-13-25(21,22)4/h17-24,28-30H,6-16H2,1-5H3/t18-,19-,20+,21+,22+,23-,24+,25+,26+,27-/m0/s1. The van der Waals surface area contributed by atoms with Crippen LogP contribution in [0.1, 0.15) is 105 Å². The lowest BCUT2D eigenvalue weighted by Crippen LogP contribution is -2.68. The van der Waals surface area contributed by atoms with E-state index in [0.29, 0.717) is 29.6 Å². The second kappa shape index (κ2) is 8.03. The number of rotatable bonds is 5. The van der Waals surface area contributed by atoms with Gasteiger partial charge in [-0.25, -0.2) is 0 Å². The first-order valence-electron chi connectivity index (χ1n) is 13.1. The molecule has 0 unspecified atom stereocenters. The molecule has 30 heavy (non-hydrogen) atoms. The fourth-order valence-electron chi connectivity index (χ4n) is 9.29. The summed E-state index contributed by atoms with van der Waals surface area (Å²) in [6.45, 7) is 12.0. The first-order valence-corrected chi connectivity index (χ1v) is 13.1. The Morgan fingerprint density at radius 2 is 1.63 bits per heavy atom. The molecule has 0 aliphatic heterocycles. The Balaban J connectivity index is 1.53. The molecule has 3 nitrogen and oxygen atoms in total. The second-order valence-corrected chi connectivity index (χ2v) is 12.9. The van der Waals surface area contributed by atoms with Crippen LogP contribution in [-0.2, 0) is 0 Å². The molecule has 0 radical (unpaired) electrons. The normalized spacial score (nSPS) is 51.9. The van der Waals surface area contributed by atoms with Crippen molar-refractivity contribution in [2.24, 2.45) is 46.3 Å². The van der Waals surface area contributed by atoms with Crippen LogP contribution in [0, 0.1) is 46.3 Å². The van der Waals surface area contributed by atoms with Crippen molar-refractivity contribution in [1.82, 2.24) is 0 Å². The molecule has 10 atom stereocenters. The van der Waals surface area contributed by atoms with Crippen molar-refractivity contribution in [1.29, 1.82) is 0 Å². The van der Waals surface area contributed by atoms with Crippen molar-refractivity contribution in [3.8, 4) is 0 Å². The quantitative estimate of drug-likeness (QED) is 0.546. The minimum Gasteiger partial charge on any atom is -0.393 e. The maximum atomic E-state index is 11.6. The van der Waals surface area contributed by atoms with Crippen LogP contribution >= 0.6 is 0 Å². The predicted octanol–water partition coefficient (Wildman–Crippen LogP) is 5.55. The fraction of sp³-hybridized carbons (Fsp3) is 1.00. The smallest absolute Gasteiger partial charge is 0.0985 e. The van der Waals surface area contributed by atoms with E-state index in [9.17, 15) is 15.3 Å². The molecule has 4 aliphatic carbocycles. The number of aliphatic hydroxyl groups is 3. The number of fused-ring (bicyclic) bond motifs is 5. The van der Waals surface area contributed by atoms with Gasteiger partial charge in [0.1, 0.15) is 0 Å². The highest BCUT2D eigenvalue weighted by Gasteiger charge is 2.67. The maximum Gasteiger partial charge on any atom is 0.0985 e. The molecule has 0 aromatic rings. The first kappa shape index (κ1) is 23.1. The fourth-order valence-corrected chi connectivity index (χ4v) is 9.29. The highest BCUT2D eigenvalue weighted by Crippen LogP contribution is 2.69. The van der Waals surface area contributed by atoms with Crippen LogP contribution in [0.5, 0.6) is 0 Å². The zero-order valence-corrected chi connectivity index (χ0v) is 20.2. The Kier molecular flexibility index (Phi) is 6.17.